The molecule has 3 rings (SSSR count). The molecule has 1 saturated heterocycles. The average molecular weight is 557 g/mol. The number of nitrogens with zero attached hydrogens (tertiary/aromatic N) is 3. The molecule has 0 aromatic heterocycles. The topological polar surface area (TPSA) is 65.0 Å². The first-order chi connectivity index (χ1) is 19.0. The van der Waals surface area contributed by atoms with Crippen molar-refractivity contribution in [1.82, 2.24) is 15.1 Å². The number of aliphatic imine (C=N–C) groups is 1. The van der Waals surface area contributed by atoms with E-state index in [1.807, 2.05) is 0 Å². The van der Waals surface area contributed by atoms with Gasteiger partial charge in [0.05, 0.1) is 0 Å². The van der Waals surface area contributed by atoms with Crippen molar-refractivity contribution < 1.29 is 9.59 Å². The minimum absolute atomic E-state index is 0.252. The number of unbranched alkanes of at least 4 members (excludes halogenated alkanes) is 15. The predicted molar refractivity (Wildman–Crippen MR) is 165 cm³/mol. The van der Waals surface area contributed by atoms with Crippen LogP contribution in [0.4, 0.5) is 4.79 Å². The molecule has 6 nitrogen and oxygen atoms in total. The number of amides is 3. The van der Waals surface area contributed by atoms with Crippen LogP contribution in [0.2, 0.25) is 0 Å². The third-order valence-corrected chi connectivity index (χ3v) is 9.08. The molecule has 0 aliphatic carbocycles. The molecule has 0 bridgehead atoms. The van der Waals surface area contributed by atoms with Gasteiger partial charge in [-0.05, 0) is 18.9 Å². The van der Waals surface area contributed by atoms with E-state index in [9.17, 15) is 9.59 Å². The van der Waals surface area contributed by atoms with E-state index in [1.54, 1.807) is 23.7 Å². The summed E-state index contributed by atoms with van der Waals surface area (Å²) in [5.74, 6) is 0.734. The number of hydrogen-bond acceptors (Lipinski definition) is 5. The number of carbonyl (C=O) groups is 2. The van der Waals surface area contributed by atoms with Crippen molar-refractivity contribution in [2.45, 2.75) is 135 Å². The van der Waals surface area contributed by atoms with Crippen LogP contribution in [0, 0.1) is 6.92 Å². The molecule has 2 aliphatic heterocycles. The number of hydrogen-bond donors (Lipinski definition) is 1. The smallest absolute Gasteiger partial charge is 0.325 e. The van der Waals surface area contributed by atoms with Crippen LogP contribution in [0.3, 0.4) is 0 Å². The van der Waals surface area contributed by atoms with Crippen LogP contribution >= 0.6 is 11.8 Å². The van der Waals surface area contributed by atoms with Crippen LogP contribution in [0.25, 0.3) is 0 Å². The quantitative estimate of drug-likeness (QED) is 0.175. The summed E-state index contributed by atoms with van der Waals surface area (Å²) in [6.07, 6.45) is 21.4. The zero-order valence-electron chi connectivity index (χ0n) is 24.8. The molecule has 1 fully saturated rings. The van der Waals surface area contributed by atoms with E-state index in [1.165, 1.54) is 102 Å². The van der Waals surface area contributed by atoms with Crippen molar-refractivity contribution in [3.05, 3.63) is 35.4 Å². The van der Waals surface area contributed by atoms with Crippen molar-refractivity contribution in [3.8, 4) is 0 Å². The molecule has 2 aliphatic rings. The normalized spacial score (nSPS) is 18.9. The van der Waals surface area contributed by atoms with Crippen LogP contribution in [0.5, 0.6) is 0 Å². The summed E-state index contributed by atoms with van der Waals surface area (Å²) in [6.45, 7) is 4.98. The van der Waals surface area contributed by atoms with E-state index < -0.39 is 12.2 Å². The molecule has 0 saturated carbocycles. The minimum Gasteiger partial charge on any atom is -0.331 e. The number of rotatable bonds is 19. The van der Waals surface area contributed by atoms with Gasteiger partial charge in [0.1, 0.15) is 0 Å². The van der Waals surface area contributed by atoms with Crippen LogP contribution < -0.4 is 5.32 Å². The average Bonchev–Trinajstić information content (AvgIpc) is 3.27. The number of benzene rings is 1. The predicted octanol–water partition coefficient (Wildman–Crippen LogP) is 8.04. The SMILES string of the molecule is CCCCCCCCCCCCCCCCCCSC1=NC2C(C(=O)NC(=O)N2C)N1Cc1cccc(C)c1. The number of urea groups is 1. The highest BCUT2D eigenvalue weighted by Gasteiger charge is 2.48. The summed E-state index contributed by atoms with van der Waals surface area (Å²) < 4.78 is 0. The van der Waals surface area contributed by atoms with E-state index in [2.05, 4.69) is 48.3 Å². The Morgan fingerprint density at radius 1 is 0.846 bits per heavy atom. The van der Waals surface area contributed by atoms with Gasteiger partial charge in [-0.2, -0.15) is 0 Å². The van der Waals surface area contributed by atoms with Crippen molar-refractivity contribution in [2.75, 3.05) is 12.8 Å². The Balaban J connectivity index is 1.30. The van der Waals surface area contributed by atoms with Crippen LogP contribution in [-0.4, -0.2) is 51.9 Å². The molecule has 2 atom stereocenters. The molecule has 0 radical (unpaired) electrons. The molecule has 218 valence electrons. The van der Waals surface area contributed by atoms with Gasteiger partial charge in [-0.25, -0.2) is 9.79 Å². The van der Waals surface area contributed by atoms with Crippen LogP contribution in [0.1, 0.15) is 121 Å². The standard InChI is InChI=1S/C32H52N4O2S/c1-4-5-6-7-8-9-10-11-12-13-14-15-16-17-18-19-23-39-32-33-29-28(30(37)34-31(38)35(29)3)36(32)25-27-22-20-21-26(2)24-27/h20-22,24,28-29H,4-19,23,25H2,1-3H3,(H,34,37,38). The molecule has 1 aromatic rings. The molecule has 0 spiro atoms. The molecule has 2 heterocycles. The van der Waals surface area contributed by atoms with E-state index >= 15 is 0 Å². The van der Waals surface area contributed by atoms with E-state index in [0.29, 0.717) is 6.54 Å². The first kappa shape index (κ1) is 31.5. The first-order valence-electron chi connectivity index (χ1n) is 15.6. The number of carbonyl (C=O) groups excluding carboxylic acids is 2. The monoisotopic (exact) mass is 556 g/mol. The van der Waals surface area contributed by atoms with Gasteiger partial charge in [-0.3, -0.25) is 10.1 Å². The summed E-state index contributed by atoms with van der Waals surface area (Å²) >= 11 is 1.73. The number of fused-ring (bicyclic) bond motifs is 1. The number of nitrogens with one attached hydrogen (secondary N) is 1. The lowest BCUT2D eigenvalue weighted by molar-refractivity contribution is -0.127. The Kier molecular flexibility index (Phi) is 14.2. The fourth-order valence-electron chi connectivity index (χ4n) is 5.61. The molecular weight excluding hydrogens is 504 g/mol. The zero-order chi connectivity index (χ0) is 27.9. The Labute approximate surface area is 241 Å². The van der Waals surface area contributed by atoms with Gasteiger partial charge in [0, 0.05) is 19.3 Å². The Hall–Kier alpha value is -2.02. The number of aryl methyl sites for hydroxylation is 1. The van der Waals surface area contributed by atoms with Gasteiger partial charge < -0.3 is 9.80 Å². The lowest BCUT2D eigenvalue weighted by atomic mass is 10.0. The maximum atomic E-state index is 12.8. The molecule has 1 aromatic carbocycles. The summed E-state index contributed by atoms with van der Waals surface area (Å²) in [5, 5.41) is 3.38. The molecule has 7 heteroatoms. The second-order valence-electron chi connectivity index (χ2n) is 11.4. The lowest BCUT2D eigenvalue weighted by Gasteiger charge is -2.36. The summed E-state index contributed by atoms with van der Waals surface area (Å²) in [6, 6.07) is 7.53. The van der Waals surface area contributed by atoms with E-state index in [4.69, 9.17) is 4.99 Å². The van der Waals surface area contributed by atoms with Crippen molar-refractivity contribution in [1.29, 1.82) is 0 Å². The fraction of sp³-hybridized carbons (Fsp3) is 0.719. The molecular formula is C32H52N4O2S. The van der Waals surface area contributed by atoms with Crippen molar-refractivity contribution in [2.24, 2.45) is 4.99 Å². The third kappa shape index (κ3) is 10.5. The Morgan fingerprint density at radius 2 is 1.41 bits per heavy atom. The van der Waals surface area contributed by atoms with Crippen molar-refractivity contribution in [3.63, 3.8) is 0 Å². The Bertz CT molecular complexity index is 921. The van der Waals surface area contributed by atoms with Gasteiger partial charge in [-0.15, -0.1) is 0 Å². The molecule has 1 N–H and O–H groups in total. The van der Waals surface area contributed by atoms with E-state index in [0.717, 1.165) is 22.9 Å². The number of amidine groups is 1. The summed E-state index contributed by atoms with van der Waals surface area (Å²) in [5.41, 5.74) is 2.35. The maximum absolute atomic E-state index is 12.8. The largest absolute Gasteiger partial charge is 0.331 e. The van der Waals surface area contributed by atoms with Crippen molar-refractivity contribution >= 4 is 28.9 Å². The molecule has 3 amide bonds. The maximum Gasteiger partial charge on any atom is 0.325 e. The zero-order valence-corrected chi connectivity index (χ0v) is 25.6. The van der Waals surface area contributed by atoms with Gasteiger partial charge in [0.25, 0.3) is 5.91 Å². The highest BCUT2D eigenvalue weighted by atomic mass is 32.2. The van der Waals surface area contributed by atoms with Crippen LogP contribution in [0.15, 0.2) is 29.3 Å². The highest BCUT2D eigenvalue weighted by Crippen LogP contribution is 2.30. The van der Waals surface area contributed by atoms with Gasteiger partial charge >= 0.3 is 6.03 Å². The van der Waals surface area contributed by atoms with Gasteiger partial charge in [0.15, 0.2) is 17.4 Å². The molecule has 39 heavy (non-hydrogen) atoms. The number of likely N-dealkylation sites (N-methyl/N-ethyl adjacent to an activating group) is 1. The molecule has 2 unspecified atom stereocenters. The van der Waals surface area contributed by atoms with E-state index in [-0.39, 0.29) is 11.9 Å². The summed E-state index contributed by atoms with van der Waals surface area (Å²) in [7, 11) is 1.72. The fourth-order valence-corrected chi connectivity index (χ4v) is 6.67. The first-order valence-corrected chi connectivity index (χ1v) is 16.6. The van der Waals surface area contributed by atoms with Gasteiger partial charge in [0.2, 0.25) is 0 Å². The second kappa shape index (κ2) is 17.6. The number of thioether (sulfide) groups is 1. The Morgan fingerprint density at radius 3 is 1.97 bits per heavy atom. The number of imide groups is 1. The third-order valence-electron chi connectivity index (χ3n) is 7.99. The second-order valence-corrected chi connectivity index (χ2v) is 12.5. The van der Waals surface area contributed by atoms with Crippen LogP contribution in [-0.2, 0) is 11.3 Å². The minimum atomic E-state index is -0.471. The lowest BCUT2D eigenvalue weighted by Crippen LogP contribution is -2.63. The van der Waals surface area contributed by atoms with Gasteiger partial charge in [-0.1, -0.05) is 145 Å². The highest BCUT2D eigenvalue weighted by molar-refractivity contribution is 8.13. The summed E-state index contributed by atoms with van der Waals surface area (Å²) in [4.78, 5) is 33.5.